The number of rotatable bonds is 9. The summed E-state index contributed by atoms with van der Waals surface area (Å²) in [4.78, 5) is 23.3. The standard InChI is InChI=1S/C18H34O5/c1-17(2,3)22-15(20)11-9-7-8-10-14(13-19)12-16(21)23-18(4,5)6/h14,19H,7-13H2,1-6H3/t14-/m1/s1. The van der Waals surface area contributed by atoms with Crippen molar-refractivity contribution in [3.63, 3.8) is 0 Å². The SMILES string of the molecule is CC(C)(C)OC(=O)CCCCC[C@@H](CO)CC(=O)OC(C)(C)C. The fraction of sp³-hybridized carbons (Fsp3) is 0.889. The van der Waals surface area contributed by atoms with Crippen LogP contribution in [0.2, 0.25) is 0 Å². The highest BCUT2D eigenvalue weighted by molar-refractivity contribution is 5.70. The quantitative estimate of drug-likeness (QED) is 0.516. The van der Waals surface area contributed by atoms with Gasteiger partial charge in [0.2, 0.25) is 0 Å². The van der Waals surface area contributed by atoms with Crippen molar-refractivity contribution >= 4 is 11.9 Å². The van der Waals surface area contributed by atoms with Gasteiger partial charge in [-0.05, 0) is 60.3 Å². The van der Waals surface area contributed by atoms with Crippen molar-refractivity contribution < 1.29 is 24.2 Å². The minimum absolute atomic E-state index is 0.0225. The molecule has 0 amide bonds. The summed E-state index contributed by atoms with van der Waals surface area (Å²) < 4.78 is 10.5. The van der Waals surface area contributed by atoms with Crippen LogP contribution in [0.5, 0.6) is 0 Å². The average molecular weight is 330 g/mol. The molecule has 0 heterocycles. The largest absolute Gasteiger partial charge is 0.460 e. The van der Waals surface area contributed by atoms with Crippen LogP contribution in [0.1, 0.15) is 80.1 Å². The van der Waals surface area contributed by atoms with E-state index in [4.69, 9.17) is 9.47 Å². The van der Waals surface area contributed by atoms with Crippen LogP contribution >= 0.6 is 0 Å². The monoisotopic (exact) mass is 330 g/mol. The molecule has 0 radical (unpaired) electrons. The fourth-order valence-corrected chi connectivity index (χ4v) is 2.15. The van der Waals surface area contributed by atoms with Crippen LogP contribution in [-0.2, 0) is 19.1 Å². The molecule has 1 atom stereocenters. The van der Waals surface area contributed by atoms with E-state index in [1.54, 1.807) is 0 Å². The predicted octanol–water partition coefficient (Wildman–Crippen LogP) is 3.62. The molecule has 0 aromatic carbocycles. The fourth-order valence-electron chi connectivity index (χ4n) is 2.15. The molecule has 0 saturated carbocycles. The van der Waals surface area contributed by atoms with Crippen LogP contribution < -0.4 is 0 Å². The molecule has 0 fully saturated rings. The second-order valence-electron chi connectivity index (χ2n) is 8.02. The third-order valence-corrected chi connectivity index (χ3v) is 3.05. The lowest BCUT2D eigenvalue weighted by atomic mass is 9.98. The molecule has 0 rings (SSSR count). The average Bonchev–Trinajstić information content (AvgIpc) is 2.32. The Morgan fingerprint density at radius 3 is 1.87 bits per heavy atom. The normalized spacial score (nSPS) is 13.5. The molecular formula is C18H34O5. The van der Waals surface area contributed by atoms with Crippen molar-refractivity contribution in [2.24, 2.45) is 5.92 Å². The summed E-state index contributed by atoms with van der Waals surface area (Å²) in [7, 11) is 0. The van der Waals surface area contributed by atoms with Gasteiger partial charge in [0, 0.05) is 13.0 Å². The van der Waals surface area contributed by atoms with Gasteiger partial charge in [0.05, 0.1) is 6.42 Å². The molecule has 0 aliphatic heterocycles. The van der Waals surface area contributed by atoms with Crippen LogP contribution in [0.15, 0.2) is 0 Å². The van der Waals surface area contributed by atoms with Gasteiger partial charge in [-0.15, -0.1) is 0 Å². The van der Waals surface area contributed by atoms with Gasteiger partial charge in [0.25, 0.3) is 0 Å². The van der Waals surface area contributed by atoms with Crippen molar-refractivity contribution in [3.8, 4) is 0 Å². The second-order valence-corrected chi connectivity index (χ2v) is 8.02. The Morgan fingerprint density at radius 1 is 0.870 bits per heavy atom. The molecule has 5 heteroatoms. The van der Waals surface area contributed by atoms with Crippen LogP contribution in [0.25, 0.3) is 0 Å². The van der Waals surface area contributed by atoms with E-state index in [1.165, 1.54) is 0 Å². The van der Waals surface area contributed by atoms with E-state index in [0.717, 1.165) is 25.7 Å². The number of hydrogen-bond donors (Lipinski definition) is 1. The van der Waals surface area contributed by atoms with Crippen molar-refractivity contribution in [1.82, 2.24) is 0 Å². The molecule has 136 valence electrons. The van der Waals surface area contributed by atoms with Gasteiger partial charge in [0.15, 0.2) is 0 Å². The van der Waals surface area contributed by atoms with Gasteiger partial charge in [0.1, 0.15) is 11.2 Å². The molecule has 5 nitrogen and oxygen atoms in total. The highest BCUT2D eigenvalue weighted by Gasteiger charge is 2.20. The van der Waals surface area contributed by atoms with E-state index in [2.05, 4.69) is 0 Å². The van der Waals surface area contributed by atoms with Gasteiger partial charge in [-0.2, -0.15) is 0 Å². The molecule has 0 unspecified atom stereocenters. The number of esters is 2. The van der Waals surface area contributed by atoms with Crippen molar-refractivity contribution in [3.05, 3.63) is 0 Å². The topological polar surface area (TPSA) is 72.8 Å². The number of hydrogen-bond acceptors (Lipinski definition) is 5. The maximum absolute atomic E-state index is 11.7. The summed E-state index contributed by atoms with van der Waals surface area (Å²) in [5.74, 6) is -0.526. The van der Waals surface area contributed by atoms with Gasteiger partial charge in [-0.1, -0.05) is 12.8 Å². The molecule has 0 bridgehead atoms. The smallest absolute Gasteiger partial charge is 0.306 e. The summed E-state index contributed by atoms with van der Waals surface area (Å²) >= 11 is 0. The minimum atomic E-state index is -0.496. The predicted molar refractivity (Wildman–Crippen MR) is 90.0 cm³/mol. The molecule has 23 heavy (non-hydrogen) atoms. The molecule has 0 aromatic heterocycles. The number of unbranched alkanes of at least 4 members (excludes halogenated alkanes) is 2. The number of carbonyl (C=O) groups excluding carboxylic acids is 2. The number of aliphatic hydroxyl groups excluding tert-OH is 1. The number of aliphatic hydroxyl groups is 1. The third-order valence-electron chi connectivity index (χ3n) is 3.05. The van der Waals surface area contributed by atoms with E-state index >= 15 is 0 Å². The lowest BCUT2D eigenvalue weighted by Gasteiger charge is -2.21. The summed E-state index contributed by atoms with van der Waals surface area (Å²) in [6, 6.07) is 0. The molecule has 0 aliphatic carbocycles. The van der Waals surface area contributed by atoms with Crippen LogP contribution in [0.3, 0.4) is 0 Å². The molecule has 0 spiro atoms. The number of carbonyl (C=O) groups is 2. The maximum atomic E-state index is 11.7. The first-order valence-corrected chi connectivity index (χ1v) is 8.47. The zero-order valence-electron chi connectivity index (χ0n) is 15.6. The first-order valence-electron chi connectivity index (χ1n) is 8.47. The van der Waals surface area contributed by atoms with E-state index in [-0.39, 0.29) is 30.9 Å². The van der Waals surface area contributed by atoms with Crippen molar-refractivity contribution in [2.45, 2.75) is 91.3 Å². The second kappa shape index (κ2) is 9.91. The Bertz CT molecular complexity index is 363. The zero-order valence-corrected chi connectivity index (χ0v) is 15.6. The van der Waals surface area contributed by atoms with Gasteiger partial charge in [-0.3, -0.25) is 9.59 Å². The lowest BCUT2D eigenvalue weighted by molar-refractivity contribution is -0.156. The van der Waals surface area contributed by atoms with E-state index < -0.39 is 11.2 Å². The molecular weight excluding hydrogens is 296 g/mol. The highest BCUT2D eigenvalue weighted by atomic mass is 16.6. The highest BCUT2D eigenvalue weighted by Crippen LogP contribution is 2.18. The first kappa shape index (κ1) is 21.9. The van der Waals surface area contributed by atoms with Crippen LogP contribution in [-0.4, -0.2) is 34.9 Å². The first-order chi connectivity index (χ1) is 10.4. The van der Waals surface area contributed by atoms with Gasteiger partial charge < -0.3 is 14.6 Å². The third kappa shape index (κ3) is 14.2. The zero-order chi connectivity index (χ0) is 18.1. The minimum Gasteiger partial charge on any atom is -0.460 e. The Morgan fingerprint density at radius 2 is 1.39 bits per heavy atom. The van der Waals surface area contributed by atoms with Gasteiger partial charge in [-0.25, -0.2) is 0 Å². The Balaban J connectivity index is 3.88. The number of ether oxygens (including phenoxy) is 2. The van der Waals surface area contributed by atoms with Crippen molar-refractivity contribution in [2.75, 3.05) is 6.61 Å². The summed E-state index contributed by atoms with van der Waals surface area (Å²) in [6.45, 7) is 11.0. The van der Waals surface area contributed by atoms with E-state index in [1.807, 2.05) is 41.5 Å². The molecule has 1 N–H and O–H groups in total. The summed E-state index contributed by atoms with van der Waals surface area (Å²) in [5, 5.41) is 9.36. The molecule has 0 aromatic rings. The van der Waals surface area contributed by atoms with Crippen LogP contribution in [0, 0.1) is 5.92 Å². The Kier molecular flexibility index (Phi) is 9.44. The lowest BCUT2D eigenvalue weighted by Crippen LogP contribution is -2.26. The molecule has 0 aliphatic rings. The Hall–Kier alpha value is -1.10. The van der Waals surface area contributed by atoms with E-state index in [9.17, 15) is 14.7 Å². The van der Waals surface area contributed by atoms with Gasteiger partial charge >= 0.3 is 11.9 Å². The summed E-state index contributed by atoms with van der Waals surface area (Å²) in [6.07, 6.45) is 3.91. The summed E-state index contributed by atoms with van der Waals surface area (Å²) in [5.41, 5.74) is -0.934. The molecule has 0 saturated heterocycles. The maximum Gasteiger partial charge on any atom is 0.306 e. The van der Waals surface area contributed by atoms with Crippen LogP contribution in [0.4, 0.5) is 0 Å². The van der Waals surface area contributed by atoms with Crippen molar-refractivity contribution in [1.29, 1.82) is 0 Å². The Labute approximate surface area is 140 Å². The van der Waals surface area contributed by atoms with E-state index in [0.29, 0.717) is 6.42 Å².